The number of benzene rings is 1. The number of hydrogen-bond donors (Lipinski definition) is 0. The van der Waals surface area contributed by atoms with E-state index >= 15 is 0 Å². The molecule has 0 N–H and O–H groups in total. The second-order valence-corrected chi connectivity index (χ2v) is 7.72. The van der Waals surface area contributed by atoms with Gasteiger partial charge in [0.05, 0.1) is 23.5 Å². The van der Waals surface area contributed by atoms with Gasteiger partial charge in [-0.15, -0.1) is 0 Å². The molecular formula is C22H23FN4O3. The molecule has 156 valence electrons. The first-order chi connectivity index (χ1) is 14.4. The highest BCUT2D eigenvalue weighted by molar-refractivity contribution is 5.79. The largest absolute Gasteiger partial charge is 0.334 e. The Labute approximate surface area is 172 Å². The van der Waals surface area contributed by atoms with Crippen LogP contribution < -0.4 is 11.2 Å². The molecule has 1 aliphatic rings. The van der Waals surface area contributed by atoms with Crippen LogP contribution in [0, 0.1) is 5.82 Å². The van der Waals surface area contributed by atoms with E-state index in [1.165, 1.54) is 23.7 Å². The lowest BCUT2D eigenvalue weighted by molar-refractivity contribution is -0.134. The second kappa shape index (κ2) is 7.85. The summed E-state index contributed by atoms with van der Waals surface area (Å²) in [6.07, 6.45) is 2.80. The van der Waals surface area contributed by atoms with Crippen molar-refractivity contribution < 1.29 is 9.18 Å². The first-order valence-corrected chi connectivity index (χ1v) is 9.97. The number of halogens is 1. The Kier molecular flexibility index (Phi) is 5.24. The van der Waals surface area contributed by atoms with Crippen LogP contribution in [0.4, 0.5) is 4.39 Å². The van der Waals surface area contributed by atoms with E-state index in [0.29, 0.717) is 23.3 Å². The monoisotopic (exact) mass is 410 g/mol. The van der Waals surface area contributed by atoms with Crippen LogP contribution in [0.5, 0.6) is 0 Å². The van der Waals surface area contributed by atoms with E-state index in [0.717, 1.165) is 29.4 Å². The molecule has 3 aromatic rings. The zero-order valence-electron chi connectivity index (χ0n) is 17.0. The summed E-state index contributed by atoms with van der Waals surface area (Å²) in [6, 6.07) is 9.15. The van der Waals surface area contributed by atoms with E-state index in [4.69, 9.17) is 0 Å². The van der Waals surface area contributed by atoms with Crippen molar-refractivity contribution in [2.45, 2.75) is 31.7 Å². The van der Waals surface area contributed by atoms with Gasteiger partial charge in [-0.3, -0.25) is 18.7 Å². The molecule has 0 bridgehead atoms. The quantitative estimate of drug-likeness (QED) is 0.662. The summed E-state index contributed by atoms with van der Waals surface area (Å²) in [5.41, 5.74) is 0.906. The molecule has 0 aliphatic carbocycles. The smallest absolute Gasteiger partial charge is 0.332 e. The van der Waals surface area contributed by atoms with E-state index in [9.17, 15) is 18.8 Å². The lowest BCUT2D eigenvalue weighted by atomic mass is 9.97. The summed E-state index contributed by atoms with van der Waals surface area (Å²) in [5.74, 6) is -0.384. The second-order valence-electron chi connectivity index (χ2n) is 7.72. The number of pyridine rings is 1. The fourth-order valence-corrected chi connectivity index (χ4v) is 4.07. The fourth-order valence-electron chi connectivity index (χ4n) is 4.07. The molecule has 1 saturated heterocycles. The Hall–Kier alpha value is -3.29. The minimum Gasteiger partial charge on any atom is -0.334 e. The van der Waals surface area contributed by atoms with Gasteiger partial charge in [-0.2, -0.15) is 0 Å². The zero-order valence-corrected chi connectivity index (χ0v) is 17.0. The molecule has 8 heteroatoms. The highest BCUT2D eigenvalue weighted by Gasteiger charge is 2.29. The molecule has 0 unspecified atom stereocenters. The van der Waals surface area contributed by atoms with Crippen molar-refractivity contribution >= 4 is 16.9 Å². The normalized spacial score (nSPS) is 16.8. The number of piperidine rings is 1. The number of carbonyl (C=O) groups excluding carboxylic acids is 1. The highest BCUT2D eigenvalue weighted by atomic mass is 19.1. The van der Waals surface area contributed by atoms with Gasteiger partial charge in [-0.25, -0.2) is 14.2 Å². The van der Waals surface area contributed by atoms with Crippen molar-refractivity contribution in [1.82, 2.24) is 19.0 Å². The summed E-state index contributed by atoms with van der Waals surface area (Å²) < 4.78 is 15.6. The zero-order chi connectivity index (χ0) is 21.4. The van der Waals surface area contributed by atoms with Gasteiger partial charge in [0.1, 0.15) is 11.5 Å². The predicted octanol–water partition coefficient (Wildman–Crippen LogP) is 2.07. The highest BCUT2D eigenvalue weighted by Crippen LogP contribution is 2.31. The van der Waals surface area contributed by atoms with E-state index in [2.05, 4.69) is 4.98 Å². The maximum Gasteiger partial charge on any atom is 0.332 e. The van der Waals surface area contributed by atoms with Gasteiger partial charge in [0.25, 0.3) is 5.56 Å². The van der Waals surface area contributed by atoms with Gasteiger partial charge in [-0.05, 0) is 49.1 Å². The summed E-state index contributed by atoms with van der Waals surface area (Å²) >= 11 is 0. The molecule has 1 atom stereocenters. The Bertz CT molecular complexity index is 1230. The third-order valence-electron chi connectivity index (χ3n) is 5.76. The van der Waals surface area contributed by atoms with Gasteiger partial charge < -0.3 is 4.90 Å². The maximum absolute atomic E-state index is 13.2. The molecule has 1 amide bonds. The van der Waals surface area contributed by atoms with Gasteiger partial charge in [-0.1, -0.05) is 12.1 Å². The molecule has 1 aromatic carbocycles. The van der Waals surface area contributed by atoms with Crippen molar-refractivity contribution in [2.24, 2.45) is 14.1 Å². The van der Waals surface area contributed by atoms with Gasteiger partial charge in [0, 0.05) is 20.6 Å². The molecule has 0 radical (unpaired) electrons. The lowest BCUT2D eigenvalue weighted by Gasteiger charge is -2.35. The summed E-state index contributed by atoms with van der Waals surface area (Å²) in [5, 5.41) is 0.364. The lowest BCUT2D eigenvalue weighted by Crippen LogP contribution is -2.40. The minimum atomic E-state index is -0.440. The number of fused-ring (bicyclic) bond motifs is 1. The Balaban J connectivity index is 1.69. The number of likely N-dealkylation sites (tertiary alicyclic amines) is 1. The number of aryl methyl sites for hydroxylation is 1. The molecular weight excluding hydrogens is 387 g/mol. The van der Waals surface area contributed by atoms with Crippen LogP contribution >= 0.6 is 0 Å². The average Bonchev–Trinajstić information content (AvgIpc) is 2.77. The summed E-state index contributed by atoms with van der Waals surface area (Å²) in [6.45, 7) is 0.611. The number of hydrogen-bond acceptors (Lipinski definition) is 4. The molecule has 1 fully saturated rings. The summed E-state index contributed by atoms with van der Waals surface area (Å²) in [4.78, 5) is 44.1. The number of aromatic nitrogens is 3. The SMILES string of the molecule is Cn1c(=O)c2ccc([C@H]3CCCCN3C(=O)Cc3ccc(F)cc3)nc2n(C)c1=O. The third kappa shape index (κ3) is 3.53. The number of nitrogens with zero attached hydrogens (tertiary/aromatic N) is 4. The van der Waals surface area contributed by atoms with Crippen LogP contribution in [0.1, 0.15) is 36.6 Å². The van der Waals surface area contributed by atoms with Crippen molar-refractivity contribution in [3.05, 3.63) is 74.3 Å². The van der Waals surface area contributed by atoms with E-state index in [-0.39, 0.29) is 29.7 Å². The van der Waals surface area contributed by atoms with Crippen LogP contribution in [0.25, 0.3) is 11.0 Å². The van der Waals surface area contributed by atoms with E-state index in [1.54, 1.807) is 36.2 Å². The molecule has 3 heterocycles. The molecule has 0 spiro atoms. The minimum absolute atomic E-state index is 0.0499. The number of rotatable bonds is 3. The topological polar surface area (TPSA) is 77.2 Å². The van der Waals surface area contributed by atoms with Crippen LogP contribution in [0.3, 0.4) is 0 Å². The number of amides is 1. The van der Waals surface area contributed by atoms with Gasteiger partial charge in [0.15, 0.2) is 0 Å². The standard InChI is InChI=1S/C22H23FN4O3/c1-25-20-16(21(29)26(2)22(25)30)10-11-17(24-20)18-5-3-4-12-27(18)19(28)13-14-6-8-15(23)9-7-14/h6-11,18H,3-5,12-13H2,1-2H3/t18-/m1/s1. The first kappa shape index (κ1) is 20.0. The molecule has 4 rings (SSSR count). The Morgan fingerprint density at radius 1 is 1.07 bits per heavy atom. The summed E-state index contributed by atoms with van der Waals surface area (Å²) in [7, 11) is 3.02. The van der Waals surface area contributed by atoms with Gasteiger partial charge >= 0.3 is 5.69 Å². The maximum atomic E-state index is 13.2. The van der Waals surface area contributed by atoms with Crippen molar-refractivity contribution in [2.75, 3.05) is 6.54 Å². The van der Waals surface area contributed by atoms with Crippen molar-refractivity contribution in [1.29, 1.82) is 0 Å². The first-order valence-electron chi connectivity index (χ1n) is 9.97. The van der Waals surface area contributed by atoms with Gasteiger partial charge in [0.2, 0.25) is 5.91 Å². The fraction of sp³-hybridized carbons (Fsp3) is 0.364. The van der Waals surface area contributed by atoms with E-state index in [1.807, 2.05) is 0 Å². The van der Waals surface area contributed by atoms with Crippen molar-refractivity contribution in [3.63, 3.8) is 0 Å². The van der Waals surface area contributed by atoms with Crippen LogP contribution in [0.2, 0.25) is 0 Å². The molecule has 30 heavy (non-hydrogen) atoms. The molecule has 1 aliphatic heterocycles. The molecule has 7 nitrogen and oxygen atoms in total. The van der Waals surface area contributed by atoms with Crippen LogP contribution in [-0.2, 0) is 25.3 Å². The molecule has 2 aromatic heterocycles. The van der Waals surface area contributed by atoms with Crippen molar-refractivity contribution in [3.8, 4) is 0 Å². The van der Waals surface area contributed by atoms with Crippen LogP contribution in [0.15, 0.2) is 46.0 Å². The average molecular weight is 410 g/mol. The van der Waals surface area contributed by atoms with E-state index < -0.39 is 5.69 Å². The Morgan fingerprint density at radius 3 is 2.53 bits per heavy atom. The molecule has 0 saturated carbocycles. The third-order valence-corrected chi connectivity index (χ3v) is 5.76. The van der Waals surface area contributed by atoms with Crippen LogP contribution in [-0.4, -0.2) is 31.5 Å². The number of carbonyl (C=O) groups is 1. The Morgan fingerprint density at radius 2 is 1.80 bits per heavy atom. The predicted molar refractivity (Wildman–Crippen MR) is 111 cm³/mol.